The Morgan fingerprint density at radius 3 is 2.24 bits per heavy atom. The molecule has 0 aliphatic heterocycles. The second-order valence-corrected chi connectivity index (χ2v) is 3.59. The lowest BCUT2D eigenvalue weighted by Gasteiger charge is -2.06. The van der Waals surface area contributed by atoms with Crippen LogP contribution in [-0.2, 0) is 0 Å². The van der Waals surface area contributed by atoms with Gasteiger partial charge >= 0.3 is 0 Å². The van der Waals surface area contributed by atoms with E-state index < -0.39 is 0 Å². The summed E-state index contributed by atoms with van der Waals surface area (Å²) in [6, 6.07) is 6.74. The smallest absolute Gasteiger partial charge is 0.159 e. The summed E-state index contributed by atoms with van der Waals surface area (Å²) in [4.78, 5) is 19.2. The van der Waals surface area contributed by atoms with Gasteiger partial charge in [-0.15, -0.1) is 4.91 Å². The molecule has 0 spiro atoms. The predicted molar refractivity (Wildman–Crippen MR) is 64.2 cm³/mol. The average Bonchev–Trinajstić information content (AvgIpc) is 2.40. The molecule has 2 aromatic heterocycles. The van der Waals surface area contributed by atoms with Gasteiger partial charge in [-0.2, -0.15) is 0 Å². The third kappa shape index (κ3) is 1.25. The van der Waals surface area contributed by atoms with Crippen LogP contribution in [0.4, 0.5) is 5.69 Å². The number of aromatic nitrogens is 2. The maximum absolute atomic E-state index is 10.8. The van der Waals surface area contributed by atoms with E-state index in [1.165, 1.54) is 0 Å². The minimum Gasteiger partial charge on any atom is -0.505 e. The summed E-state index contributed by atoms with van der Waals surface area (Å²) in [6.45, 7) is 0. The Hall–Kier alpha value is -2.56. The normalized spacial score (nSPS) is 10.8. The Labute approximate surface area is 95.7 Å². The lowest BCUT2D eigenvalue weighted by atomic mass is 10.1. The number of nitrogens with zero attached hydrogens (tertiary/aromatic N) is 3. The summed E-state index contributed by atoms with van der Waals surface area (Å²) in [6.07, 6.45) is 3.23. The van der Waals surface area contributed by atoms with Crippen LogP contribution in [0.3, 0.4) is 0 Å². The molecule has 0 aliphatic carbocycles. The molecule has 0 saturated carbocycles. The first-order valence-corrected chi connectivity index (χ1v) is 5.00. The van der Waals surface area contributed by atoms with Gasteiger partial charge in [-0.3, -0.25) is 9.97 Å². The summed E-state index contributed by atoms with van der Waals surface area (Å²) in [5, 5.41) is 13.9. The van der Waals surface area contributed by atoms with Crippen LogP contribution in [-0.4, -0.2) is 15.1 Å². The number of fused-ring (bicyclic) bond motifs is 3. The van der Waals surface area contributed by atoms with Crippen LogP contribution < -0.4 is 0 Å². The van der Waals surface area contributed by atoms with Crippen LogP contribution in [0.5, 0.6) is 5.75 Å². The zero-order valence-electron chi connectivity index (χ0n) is 8.66. The van der Waals surface area contributed by atoms with Crippen molar-refractivity contribution in [1.29, 1.82) is 0 Å². The second kappa shape index (κ2) is 3.48. The van der Waals surface area contributed by atoms with Gasteiger partial charge in [0.2, 0.25) is 0 Å². The second-order valence-electron chi connectivity index (χ2n) is 3.59. The molecular weight excluding hydrogens is 218 g/mol. The summed E-state index contributed by atoms with van der Waals surface area (Å²) < 4.78 is 0. The van der Waals surface area contributed by atoms with Gasteiger partial charge in [0.1, 0.15) is 5.52 Å². The summed E-state index contributed by atoms with van der Waals surface area (Å²) in [5.41, 5.74) is 1.14. The van der Waals surface area contributed by atoms with E-state index in [1.54, 1.807) is 36.7 Å². The van der Waals surface area contributed by atoms with Crippen LogP contribution >= 0.6 is 0 Å². The van der Waals surface area contributed by atoms with E-state index in [9.17, 15) is 10.0 Å². The van der Waals surface area contributed by atoms with Gasteiger partial charge in [0.05, 0.1) is 5.52 Å². The van der Waals surface area contributed by atoms with Gasteiger partial charge in [0.15, 0.2) is 11.4 Å². The monoisotopic (exact) mass is 225 g/mol. The number of phenols is 1. The average molecular weight is 225 g/mol. The Morgan fingerprint density at radius 2 is 1.59 bits per heavy atom. The predicted octanol–water partition coefficient (Wildman–Crippen LogP) is 2.89. The molecule has 3 rings (SSSR count). The van der Waals surface area contributed by atoms with E-state index in [0.717, 1.165) is 0 Å². The van der Waals surface area contributed by atoms with Gasteiger partial charge in [-0.1, -0.05) is 0 Å². The summed E-state index contributed by atoms with van der Waals surface area (Å²) >= 11 is 0. The van der Waals surface area contributed by atoms with E-state index in [-0.39, 0.29) is 11.4 Å². The molecule has 0 amide bonds. The maximum atomic E-state index is 10.8. The molecule has 0 unspecified atom stereocenters. The van der Waals surface area contributed by atoms with Crippen molar-refractivity contribution >= 4 is 27.5 Å². The lowest BCUT2D eigenvalue weighted by molar-refractivity contribution is 0.483. The van der Waals surface area contributed by atoms with Crippen LogP contribution in [0.1, 0.15) is 0 Å². The zero-order chi connectivity index (χ0) is 11.8. The lowest BCUT2D eigenvalue weighted by Crippen LogP contribution is -1.86. The quantitative estimate of drug-likeness (QED) is 0.510. The van der Waals surface area contributed by atoms with Crippen LogP contribution in [0.2, 0.25) is 0 Å². The molecule has 0 aliphatic rings. The molecule has 1 aromatic carbocycles. The topological polar surface area (TPSA) is 75.4 Å². The minimum absolute atomic E-state index is 0.00796. The Kier molecular flexibility index (Phi) is 1.98. The summed E-state index contributed by atoms with van der Waals surface area (Å²) in [5.74, 6) is -0.149. The highest BCUT2D eigenvalue weighted by molar-refractivity contribution is 6.12. The Balaban J connectivity index is 2.68. The number of phenolic OH excluding ortho intramolecular Hbond substituents is 1. The fourth-order valence-corrected chi connectivity index (χ4v) is 1.92. The van der Waals surface area contributed by atoms with Gasteiger partial charge in [-0.25, -0.2) is 0 Å². The van der Waals surface area contributed by atoms with Gasteiger partial charge < -0.3 is 5.11 Å². The van der Waals surface area contributed by atoms with Gasteiger partial charge in [-0.05, 0) is 29.4 Å². The van der Waals surface area contributed by atoms with Crippen LogP contribution in [0.25, 0.3) is 21.8 Å². The molecule has 5 nitrogen and oxygen atoms in total. The van der Waals surface area contributed by atoms with Crippen molar-refractivity contribution in [1.82, 2.24) is 9.97 Å². The fraction of sp³-hybridized carbons (Fsp3) is 0. The maximum Gasteiger partial charge on any atom is 0.159 e. The molecule has 0 atom stereocenters. The van der Waals surface area contributed by atoms with Crippen LogP contribution in [0.15, 0.2) is 41.8 Å². The van der Waals surface area contributed by atoms with Crippen molar-refractivity contribution in [3.8, 4) is 5.75 Å². The van der Waals surface area contributed by atoms with E-state index in [4.69, 9.17) is 0 Å². The third-order valence-electron chi connectivity index (χ3n) is 2.67. The molecule has 3 aromatic rings. The van der Waals surface area contributed by atoms with E-state index in [1.807, 2.05) is 0 Å². The van der Waals surface area contributed by atoms with Crippen molar-refractivity contribution < 1.29 is 5.11 Å². The number of hydrogen-bond donors (Lipinski definition) is 1. The standard InChI is InChI=1S/C12H7N3O2/c16-12-8-4-2-6-14-10(8)9-7(11(12)15-17)3-1-5-13-9/h1-6,16H. The Bertz CT molecular complexity index is 740. The Morgan fingerprint density at radius 1 is 1.00 bits per heavy atom. The first-order valence-electron chi connectivity index (χ1n) is 5.00. The first kappa shape index (κ1) is 9.65. The van der Waals surface area contributed by atoms with Crippen molar-refractivity contribution in [3.63, 3.8) is 0 Å². The number of hydrogen-bond acceptors (Lipinski definition) is 5. The molecule has 82 valence electrons. The van der Waals surface area contributed by atoms with Gasteiger partial charge in [0, 0.05) is 23.2 Å². The number of rotatable bonds is 1. The van der Waals surface area contributed by atoms with E-state index >= 15 is 0 Å². The van der Waals surface area contributed by atoms with E-state index in [0.29, 0.717) is 21.8 Å². The molecule has 0 fully saturated rings. The van der Waals surface area contributed by atoms with E-state index in [2.05, 4.69) is 15.1 Å². The zero-order valence-corrected chi connectivity index (χ0v) is 8.66. The number of benzene rings is 1. The number of aromatic hydroxyl groups is 1. The molecule has 0 saturated heterocycles. The van der Waals surface area contributed by atoms with Crippen molar-refractivity contribution in [2.75, 3.05) is 0 Å². The molecule has 17 heavy (non-hydrogen) atoms. The number of pyridine rings is 2. The molecule has 0 bridgehead atoms. The highest BCUT2D eigenvalue weighted by Gasteiger charge is 2.15. The van der Waals surface area contributed by atoms with Crippen molar-refractivity contribution in [2.45, 2.75) is 0 Å². The molecule has 0 radical (unpaired) electrons. The molecule has 5 heteroatoms. The van der Waals surface area contributed by atoms with Gasteiger partial charge in [0.25, 0.3) is 0 Å². The minimum atomic E-state index is -0.149. The van der Waals surface area contributed by atoms with Crippen molar-refractivity contribution in [2.24, 2.45) is 5.18 Å². The fourth-order valence-electron chi connectivity index (χ4n) is 1.92. The number of nitroso groups, excluding NO2 is 1. The highest BCUT2D eigenvalue weighted by atomic mass is 16.3. The summed E-state index contributed by atoms with van der Waals surface area (Å²) in [7, 11) is 0. The molecular formula is C12H7N3O2. The molecule has 2 heterocycles. The third-order valence-corrected chi connectivity index (χ3v) is 2.67. The first-order chi connectivity index (χ1) is 8.33. The SMILES string of the molecule is O=Nc1c(O)c2cccnc2c2ncccc12. The molecule has 1 N–H and O–H groups in total. The largest absolute Gasteiger partial charge is 0.505 e. The van der Waals surface area contributed by atoms with Crippen LogP contribution in [0, 0.1) is 4.91 Å². The van der Waals surface area contributed by atoms with Crippen molar-refractivity contribution in [3.05, 3.63) is 41.6 Å². The highest BCUT2D eigenvalue weighted by Crippen LogP contribution is 2.40.